The summed E-state index contributed by atoms with van der Waals surface area (Å²) in [6.07, 6.45) is 6.78. The topological polar surface area (TPSA) is 101 Å². The van der Waals surface area contributed by atoms with Gasteiger partial charge in [-0.3, -0.25) is 14.4 Å². The van der Waals surface area contributed by atoms with E-state index in [-0.39, 0.29) is 43.1 Å². The van der Waals surface area contributed by atoms with Crippen molar-refractivity contribution in [2.45, 2.75) is 63.6 Å². The fraction of sp³-hybridized carbons (Fsp3) is 0.379. The zero-order valence-electron chi connectivity index (χ0n) is 21.6. The fourth-order valence-corrected chi connectivity index (χ4v) is 5.27. The molecular formula is C29H34N4O4S. The molecule has 1 heterocycles. The number of thiazole rings is 1. The van der Waals surface area contributed by atoms with Crippen LogP contribution in [0.25, 0.3) is 0 Å². The van der Waals surface area contributed by atoms with Crippen LogP contribution < -0.4 is 15.4 Å². The van der Waals surface area contributed by atoms with Crippen LogP contribution in [0.5, 0.6) is 5.75 Å². The van der Waals surface area contributed by atoms with Gasteiger partial charge in [0.15, 0.2) is 5.13 Å². The number of aromatic nitrogens is 1. The van der Waals surface area contributed by atoms with Crippen molar-refractivity contribution in [3.8, 4) is 5.75 Å². The number of benzene rings is 2. The summed E-state index contributed by atoms with van der Waals surface area (Å²) in [7, 11) is 1.59. The fourth-order valence-electron chi connectivity index (χ4n) is 4.72. The number of ether oxygens (including phenoxy) is 1. The van der Waals surface area contributed by atoms with Gasteiger partial charge in [0.1, 0.15) is 11.8 Å². The molecule has 4 rings (SSSR count). The lowest BCUT2D eigenvalue weighted by atomic mass is 9.94. The van der Waals surface area contributed by atoms with Crippen molar-refractivity contribution in [2.75, 3.05) is 12.4 Å². The van der Waals surface area contributed by atoms with E-state index in [0.717, 1.165) is 31.2 Å². The van der Waals surface area contributed by atoms with Crippen LogP contribution in [0.3, 0.4) is 0 Å². The van der Waals surface area contributed by atoms with Gasteiger partial charge in [0.05, 0.1) is 7.11 Å². The Labute approximate surface area is 227 Å². The van der Waals surface area contributed by atoms with Gasteiger partial charge >= 0.3 is 0 Å². The van der Waals surface area contributed by atoms with E-state index in [4.69, 9.17) is 4.74 Å². The third kappa shape index (κ3) is 7.64. The molecule has 3 aromatic rings. The Morgan fingerprint density at radius 1 is 1.03 bits per heavy atom. The molecule has 1 fully saturated rings. The van der Waals surface area contributed by atoms with Crippen molar-refractivity contribution < 1.29 is 19.1 Å². The third-order valence-corrected chi connectivity index (χ3v) is 7.39. The average molecular weight is 535 g/mol. The predicted octanol–water partition coefficient (Wildman–Crippen LogP) is 5.09. The van der Waals surface area contributed by atoms with Gasteiger partial charge in [-0.25, -0.2) is 4.98 Å². The third-order valence-electron chi connectivity index (χ3n) is 6.70. The molecule has 9 heteroatoms. The molecule has 38 heavy (non-hydrogen) atoms. The Bertz CT molecular complexity index is 1180. The standard InChI is InChI=1S/C29H34N4O4S/c1-37-24-14-12-22(13-15-24)27(28(36)31-23-10-6-3-7-11-23)33(20-21-8-4-2-5-9-21)26(35)17-16-25(34)32-29-30-18-19-38-29/h2,4-5,8-9,12-15,18-19,23,27H,3,6-7,10-11,16-17,20H2,1H3,(H,31,36)(H,30,32,34)/t27-/m1/s1. The van der Waals surface area contributed by atoms with Gasteiger partial charge in [0.25, 0.3) is 0 Å². The lowest BCUT2D eigenvalue weighted by Gasteiger charge is -2.33. The molecule has 1 aliphatic rings. The average Bonchev–Trinajstić information content (AvgIpc) is 3.46. The summed E-state index contributed by atoms with van der Waals surface area (Å²) in [6.45, 7) is 0.239. The van der Waals surface area contributed by atoms with Gasteiger partial charge in [-0.05, 0) is 36.1 Å². The maximum absolute atomic E-state index is 13.8. The van der Waals surface area contributed by atoms with Crippen molar-refractivity contribution in [2.24, 2.45) is 0 Å². The maximum Gasteiger partial charge on any atom is 0.247 e. The second-order valence-corrected chi connectivity index (χ2v) is 10.3. The minimum absolute atomic E-state index is 0.0106. The van der Waals surface area contributed by atoms with Crippen molar-refractivity contribution in [1.82, 2.24) is 15.2 Å². The van der Waals surface area contributed by atoms with E-state index in [9.17, 15) is 14.4 Å². The van der Waals surface area contributed by atoms with Gasteiger partial charge in [-0.1, -0.05) is 61.7 Å². The van der Waals surface area contributed by atoms with Crippen LogP contribution in [0.2, 0.25) is 0 Å². The molecule has 1 aromatic heterocycles. The van der Waals surface area contributed by atoms with Crippen LogP contribution in [0.15, 0.2) is 66.2 Å². The minimum Gasteiger partial charge on any atom is -0.497 e. The molecular weight excluding hydrogens is 500 g/mol. The number of rotatable bonds is 11. The Hall–Kier alpha value is -3.72. The number of methoxy groups -OCH3 is 1. The summed E-state index contributed by atoms with van der Waals surface area (Å²) in [5, 5.41) is 8.20. The molecule has 0 radical (unpaired) electrons. The predicted molar refractivity (Wildman–Crippen MR) is 148 cm³/mol. The number of amides is 3. The van der Waals surface area contributed by atoms with Crippen LogP contribution in [-0.4, -0.2) is 40.8 Å². The van der Waals surface area contributed by atoms with Crippen LogP contribution in [0.4, 0.5) is 5.13 Å². The maximum atomic E-state index is 13.8. The molecule has 3 amide bonds. The number of hydrogen-bond donors (Lipinski definition) is 2. The molecule has 200 valence electrons. The molecule has 0 spiro atoms. The normalized spacial score (nSPS) is 14.3. The van der Waals surface area contributed by atoms with E-state index in [1.165, 1.54) is 17.8 Å². The second kappa shape index (κ2) is 13.7. The van der Waals surface area contributed by atoms with Crippen LogP contribution in [-0.2, 0) is 20.9 Å². The molecule has 1 atom stereocenters. The first-order valence-corrected chi connectivity index (χ1v) is 13.9. The Kier molecular flexibility index (Phi) is 9.86. The van der Waals surface area contributed by atoms with E-state index >= 15 is 0 Å². The van der Waals surface area contributed by atoms with E-state index < -0.39 is 6.04 Å². The van der Waals surface area contributed by atoms with E-state index in [1.807, 2.05) is 42.5 Å². The number of nitrogens with zero attached hydrogens (tertiary/aromatic N) is 2. The number of anilines is 1. The van der Waals surface area contributed by atoms with Crippen LogP contribution >= 0.6 is 11.3 Å². The lowest BCUT2D eigenvalue weighted by molar-refractivity contribution is -0.142. The highest BCUT2D eigenvalue weighted by Crippen LogP contribution is 2.28. The molecule has 8 nitrogen and oxygen atoms in total. The highest BCUT2D eigenvalue weighted by molar-refractivity contribution is 7.13. The number of carbonyl (C=O) groups excluding carboxylic acids is 3. The molecule has 0 aliphatic heterocycles. The highest BCUT2D eigenvalue weighted by Gasteiger charge is 2.33. The molecule has 1 aliphatic carbocycles. The summed E-state index contributed by atoms with van der Waals surface area (Å²) < 4.78 is 5.31. The van der Waals surface area contributed by atoms with Crippen molar-refractivity contribution >= 4 is 34.2 Å². The van der Waals surface area contributed by atoms with E-state index in [1.54, 1.807) is 35.7 Å². The number of carbonyl (C=O) groups is 3. The van der Waals surface area contributed by atoms with Crippen LogP contribution in [0, 0.1) is 0 Å². The van der Waals surface area contributed by atoms with Crippen molar-refractivity contribution in [3.63, 3.8) is 0 Å². The van der Waals surface area contributed by atoms with Gasteiger partial charge in [0.2, 0.25) is 17.7 Å². The molecule has 1 saturated carbocycles. The molecule has 0 unspecified atom stereocenters. The summed E-state index contributed by atoms with van der Waals surface area (Å²) in [5.41, 5.74) is 1.59. The largest absolute Gasteiger partial charge is 0.497 e. The van der Waals surface area contributed by atoms with Crippen molar-refractivity contribution in [3.05, 3.63) is 77.3 Å². The molecule has 2 N–H and O–H groups in total. The first kappa shape index (κ1) is 27.3. The van der Waals surface area contributed by atoms with E-state index in [2.05, 4.69) is 15.6 Å². The first-order valence-electron chi connectivity index (χ1n) is 13.0. The van der Waals surface area contributed by atoms with Gasteiger partial charge in [-0.15, -0.1) is 11.3 Å². The Balaban J connectivity index is 1.59. The highest BCUT2D eigenvalue weighted by atomic mass is 32.1. The number of hydrogen-bond acceptors (Lipinski definition) is 6. The summed E-state index contributed by atoms with van der Waals surface area (Å²) >= 11 is 1.32. The van der Waals surface area contributed by atoms with Gasteiger partial charge in [-0.2, -0.15) is 0 Å². The summed E-state index contributed by atoms with van der Waals surface area (Å²) in [6, 6.07) is 16.1. The Morgan fingerprint density at radius 2 is 1.76 bits per heavy atom. The van der Waals surface area contributed by atoms with Gasteiger partial charge in [0, 0.05) is 37.0 Å². The van der Waals surface area contributed by atoms with Crippen molar-refractivity contribution in [1.29, 1.82) is 0 Å². The first-order chi connectivity index (χ1) is 18.5. The quantitative estimate of drug-likeness (QED) is 0.357. The molecule has 0 bridgehead atoms. The second-order valence-electron chi connectivity index (χ2n) is 9.41. The number of nitrogens with one attached hydrogen (secondary N) is 2. The SMILES string of the molecule is COc1ccc([C@H](C(=O)NC2CCCCC2)N(Cc2ccccc2)C(=O)CCC(=O)Nc2nccs2)cc1. The summed E-state index contributed by atoms with van der Waals surface area (Å²) in [4.78, 5) is 45.7. The monoisotopic (exact) mass is 534 g/mol. The molecule has 2 aromatic carbocycles. The lowest BCUT2D eigenvalue weighted by Crippen LogP contribution is -2.47. The Morgan fingerprint density at radius 3 is 2.42 bits per heavy atom. The smallest absolute Gasteiger partial charge is 0.247 e. The van der Waals surface area contributed by atoms with E-state index in [0.29, 0.717) is 16.4 Å². The zero-order valence-corrected chi connectivity index (χ0v) is 22.4. The minimum atomic E-state index is -0.849. The zero-order chi connectivity index (χ0) is 26.7. The summed E-state index contributed by atoms with van der Waals surface area (Å²) in [5.74, 6) is -0.109. The molecule has 0 saturated heterocycles. The van der Waals surface area contributed by atoms with Crippen LogP contribution in [0.1, 0.15) is 62.1 Å². The van der Waals surface area contributed by atoms with Gasteiger partial charge < -0.3 is 20.3 Å².